The molecule has 8 heteroatoms. The SMILES string of the molecule is O=C(c1cscn1)N1CCC2(CCN(c3ncc(F)cn3)CC2)C1. The van der Waals surface area contributed by atoms with Crippen LogP contribution in [0.15, 0.2) is 23.3 Å². The van der Waals surface area contributed by atoms with Gasteiger partial charge in [-0.15, -0.1) is 11.3 Å². The normalized spacial score (nSPS) is 19.9. The first-order chi connectivity index (χ1) is 11.7. The number of amides is 1. The van der Waals surface area contributed by atoms with Crippen LogP contribution in [-0.4, -0.2) is 51.9 Å². The second kappa shape index (κ2) is 6.08. The zero-order valence-electron chi connectivity index (χ0n) is 13.2. The van der Waals surface area contributed by atoms with Gasteiger partial charge >= 0.3 is 0 Å². The van der Waals surface area contributed by atoms with Gasteiger partial charge in [0.05, 0.1) is 17.9 Å². The van der Waals surface area contributed by atoms with Gasteiger partial charge in [-0.05, 0) is 24.7 Å². The van der Waals surface area contributed by atoms with E-state index in [1.54, 1.807) is 5.51 Å². The molecule has 24 heavy (non-hydrogen) atoms. The van der Waals surface area contributed by atoms with Crippen molar-refractivity contribution in [2.45, 2.75) is 19.3 Å². The van der Waals surface area contributed by atoms with Crippen LogP contribution in [0, 0.1) is 11.2 Å². The Labute approximate surface area is 143 Å². The largest absolute Gasteiger partial charge is 0.341 e. The van der Waals surface area contributed by atoms with Crippen molar-refractivity contribution in [2.75, 3.05) is 31.1 Å². The number of rotatable bonds is 2. The molecule has 126 valence electrons. The molecular weight excluding hydrogens is 329 g/mol. The lowest BCUT2D eigenvalue weighted by atomic mass is 9.78. The topological polar surface area (TPSA) is 62.2 Å². The molecule has 0 saturated carbocycles. The van der Waals surface area contributed by atoms with E-state index >= 15 is 0 Å². The van der Waals surface area contributed by atoms with Crippen molar-refractivity contribution in [3.8, 4) is 0 Å². The second-order valence-corrected chi connectivity index (χ2v) is 7.26. The highest BCUT2D eigenvalue weighted by atomic mass is 32.1. The second-order valence-electron chi connectivity index (χ2n) is 6.54. The maximum atomic E-state index is 12.9. The van der Waals surface area contributed by atoms with Gasteiger partial charge in [0.15, 0.2) is 5.82 Å². The van der Waals surface area contributed by atoms with Crippen LogP contribution >= 0.6 is 11.3 Å². The van der Waals surface area contributed by atoms with E-state index in [1.165, 1.54) is 23.7 Å². The summed E-state index contributed by atoms with van der Waals surface area (Å²) in [4.78, 5) is 28.7. The number of aromatic nitrogens is 3. The van der Waals surface area contributed by atoms with Gasteiger partial charge in [0.25, 0.3) is 5.91 Å². The number of carbonyl (C=O) groups is 1. The molecule has 6 nitrogen and oxygen atoms in total. The number of hydrogen-bond donors (Lipinski definition) is 0. The Hall–Kier alpha value is -2.09. The number of anilines is 1. The van der Waals surface area contributed by atoms with E-state index in [2.05, 4.69) is 19.9 Å². The predicted octanol–water partition coefficient (Wildman–Crippen LogP) is 2.20. The third-order valence-electron chi connectivity index (χ3n) is 5.09. The summed E-state index contributed by atoms with van der Waals surface area (Å²) in [5, 5.41) is 1.81. The lowest BCUT2D eigenvalue weighted by Crippen LogP contribution is -2.43. The summed E-state index contributed by atoms with van der Waals surface area (Å²) in [5.41, 5.74) is 2.43. The van der Waals surface area contributed by atoms with Gasteiger partial charge < -0.3 is 9.80 Å². The first-order valence-electron chi connectivity index (χ1n) is 8.05. The summed E-state index contributed by atoms with van der Waals surface area (Å²) in [7, 11) is 0. The Balaban J connectivity index is 1.39. The Morgan fingerprint density at radius 1 is 1.12 bits per heavy atom. The molecule has 0 radical (unpaired) electrons. The third-order valence-corrected chi connectivity index (χ3v) is 5.68. The maximum Gasteiger partial charge on any atom is 0.273 e. The molecule has 2 aliphatic heterocycles. The van der Waals surface area contributed by atoms with Gasteiger partial charge in [0.2, 0.25) is 5.95 Å². The molecular formula is C16H18FN5OS. The smallest absolute Gasteiger partial charge is 0.273 e. The summed E-state index contributed by atoms with van der Waals surface area (Å²) >= 11 is 1.45. The molecule has 1 spiro atoms. The molecule has 4 heterocycles. The van der Waals surface area contributed by atoms with E-state index in [1.807, 2.05) is 10.3 Å². The molecule has 0 unspecified atom stereocenters. The highest BCUT2D eigenvalue weighted by molar-refractivity contribution is 7.07. The zero-order chi connectivity index (χ0) is 16.6. The van der Waals surface area contributed by atoms with E-state index in [0.717, 1.165) is 45.4 Å². The van der Waals surface area contributed by atoms with E-state index < -0.39 is 5.82 Å². The van der Waals surface area contributed by atoms with Crippen molar-refractivity contribution < 1.29 is 9.18 Å². The van der Waals surface area contributed by atoms with Crippen molar-refractivity contribution >= 4 is 23.2 Å². The molecule has 2 aromatic rings. The summed E-state index contributed by atoms with van der Waals surface area (Å²) in [6.45, 7) is 3.26. The number of carbonyl (C=O) groups excluding carboxylic acids is 1. The molecule has 2 fully saturated rings. The fourth-order valence-corrected chi connectivity index (χ4v) is 4.17. The van der Waals surface area contributed by atoms with Crippen LogP contribution in [0.1, 0.15) is 29.8 Å². The Bertz CT molecular complexity index is 713. The summed E-state index contributed by atoms with van der Waals surface area (Å²) in [5.74, 6) is 0.205. The Kier molecular flexibility index (Phi) is 3.91. The average molecular weight is 347 g/mol. The lowest BCUT2D eigenvalue weighted by molar-refractivity contribution is 0.0759. The average Bonchev–Trinajstić information content (AvgIpc) is 3.27. The first-order valence-corrected chi connectivity index (χ1v) is 9.00. The molecule has 1 amide bonds. The quantitative estimate of drug-likeness (QED) is 0.833. The van der Waals surface area contributed by atoms with Crippen molar-refractivity contribution in [2.24, 2.45) is 5.41 Å². The number of nitrogens with zero attached hydrogens (tertiary/aromatic N) is 5. The number of hydrogen-bond acceptors (Lipinski definition) is 6. The highest BCUT2D eigenvalue weighted by Crippen LogP contribution is 2.41. The molecule has 0 atom stereocenters. The Morgan fingerprint density at radius 2 is 1.83 bits per heavy atom. The number of likely N-dealkylation sites (tertiary alicyclic amines) is 1. The summed E-state index contributed by atoms with van der Waals surface area (Å²) < 4.78 is 12.9. The fourth-order valence-electron chi connectivity index (χ4n) is 3.65. The van der Waals surface area contributed by atoms with Crippen molar-refractivity contribution in [1.29, 1.82) is 0 Å². The molecule has 2 aliphatic rings. The van der Waals surface area contributed by atoms with Crippen molar-refractivity contribution in [1.82, 2.24) is 19.9 Å². The molecule has 2 saturated heterocycles. The zero-order valence-corrected chi connectivity index (χ0v) is 14.0. The van der Waals surface area contributed by atoms with E-state index in [9.17, 15) is 9.18 Å². The summed E-state index contributed by atoms with van der Waals surface area (Å²) in [6, 6.07) is 0. The molecule has 2 aromatic heterocycles. The predicted molar refractivity (Wildman–Crippen MR) is 88.5 cm³/mol. The minimum atomic E-state index is -0.417. The van der Waals surface area contributed by atoms with Crippen LogP contribution in [0.5, 0.6) is 0 Å². The molecule has 4 rings (SSSR count). The minimum Gasteiger partial charge on any atom is -0.341 e. The van der Waals surface area contributed by atoms with Crippen LogP contribution in [0.2, 0.25) is 0 Å². The van der Waals surface area contributed by atoms with Gasteiger partial charge in [0, 0.05) is 31.6 Å². The van der Waals surface area contributed by atoms with Crippen LogP contribution < -0.4 is 4.90 Å². The van der Waals surface area contributed by atoms with Gasteiger partial charge in [-0.2, -0.15) is 0 Å². The summed E-state index contributed by atoms with van der Waals surface area (Å²) in [6.07, 6.45) is 5.43. The van der Waals surface area contributed by atoms with E-state index in [0.29, 0.717) is 11.6 Å². The van der Waals surface area contributed by atoms with Gasteiger partial charge in [-0.25, -0.2) is 19.3 Å². The van der Waals surface area contributed by atoms with Crippen molar-refractivity contribution in [3.05, 3.63) is 34.8 Å². The van der Waals surface area contributed by atoms with Gasteiger partial charge in [-0.1, -0.05) is 0 Å². The Morgan fingerprint density at radius 3 is 2.50 bits per heavy atom. The minimum absolute atomic E-state index is 0.0393. The maximum absolute atomic E-state index is 12.9. The van der Waals surface area contributed by atoms with Crippen LogP contribution in [0.4, 0.5) is 10.3 Å². The van der Waals surface area contributed by atoms with Gasteiger partial charge in [0.1, 0.15) is 5.69 Å². The fraction of sp³-hybridized carbons (Fsp3) is 0.500. The number of thiazole rings is 1. The van der Waals surface area contributed by atoms with E-state index in [4.69, 9.17) is 0 Å². The molecule has 0 N–H and O–H groups in total. The number of piperidine rings is 1. The highest BCUT2D eigenvalue weighted by Gasteiger charge is 2.42. The number of halogens is 1. The van der Waals surface area contributed by atoms with E-state index in [-0.39, 0.29) is 11.3 Å². The standard InChI is InChI=1S/C16H18FN5OS/c17-12-7-18-15(19-8-12)21-4-1-16(2-5-21)3-6-22(10-16)14(23)13-9-24-11-20-13/h7-9,11H,1-6,10H2. The van der Waals surface area contributed by atoms with Gasteiger partial charge in [-0.3, -0.25) is 4.79 Å². The van der Waals surface area contributed by atoms with Crippen molar-refractivity contribution in [3.63, 3.8) is 0 Å². The molecule has 0 bridgehead atoms. The van der Waals surface area contributed by atoms with Crippen LogP contribution in [0.3, 0.4) is 0 Å². The third kappa shape index (κ3) is 2.86. The first kappa shape index (κ1) is 15.4. The molecule has 0 aromatic carbocycles. The lowest BCUT2D eigenvalue weighted by Gasteiger charge is -2.39. The molecule has 0 aliphatic carbocycles. The monoisotopic (exact) mass is 347 g/mol. The van der Waals surface area contributed by atoms with Crippen LogP contribution in [0.25, 0.3) is 0 Å². The van der Waals surface area contributed by atoms with Crippen LogP contribution in [-0.2, 0) is 0 Å².